The van der Waals surface area contributed by atoms with Crippen LogP contribution in [0.2, 0.25) is 0 Å². The third kappa shape index (κ3) is 2.31. The molecule has 1 aliphatic rings. The number of aliphatic carboxylic acids is 1. The van der Waals surface area contributed by atoms with Crippen molar-refractivity contribution in [2.75, 3.05) is 0 Å². The van der Waals surface area contributed by atoms with Gasteiger partial charge >= 0.3 is 5.97 Å². The maximum absolute atomic E-state index is 11.1. The Kier molecular flexibility index (Phi) is 2.88. The van der Waals surface area contributed by atoms with E-state index in [0.29, 0.717) is 0 Å². The number of allylic oxidation sites excluding steroid dienone is 3. The molecule has 88 valence electrons. The molecular weight excluding hydrogens is 212 g/mol. The number of hydrogen-bond donors (Lipinski definition) is 1. The van der Waals surface area contributed by atoms with Gasteiger partial charge in [0.15, 0.2) is 0 Å². The lowest BCUT2D eigenvalue weighted by atomic mass is 9.73. The topological polar surface area (TPSA) is 37.3 Å². The number of benzene rings is 1. The minimum Gasteiger partial charge on any atom is -0.481 e. The quantitative estimate of drug-likeness (QED) is 0.842. The van der Waals surface area contributed by atoms with Crippen molar-refractivity contribution in [3.63, 3.8) is 0 Å². The SMILES string of the molecule is CC1(C)C=C(c2ccccc2)C=CC1C(=O)O. The van der Waals surface area contributed by atoms with Gasteiger partial charge in [0.1, 0.15) is 0 Å². The summed E-state index contributed by atoms with van der Waals surface area (Å²) >= 11 is 0. The third-order valence-electron chi connectivity index (χ3n) is 3.17. The zero-order chi connectivity index (χ0) is 12.5. The minimum atomic E-state index is -0.769. The standard InChI is InChI=1S/C15H16O2/c1-15(2)10-12(8-9-13(15)14(16)17)11-6-4-3-5-7-11/h3-10,13H,1-2H3,(H,16,17). The van der Waals surface area contributed by atoms with E-state index in [1.807, 2.05) is 56.3 Å². The van der Waals surface area contributed by atoms with E-state index in [2.05, 4.69) is 0 Å². The van der Waals surface area contributed by atoms with E-state index >= 15 is 0 Å². The molecule has 0 spiro atoms. The predicted molar refractivity (Wildman–Crippen MR) is 68.5 cm³/mol. The summed E-state index contributed by atoms with van der Waals surface area (Å²) in [5.74, 6) is -1.22. The van der Waals surface area contributed by atoms with Crippen LogP contribution in [0.15, 0.2) is 48.6 Å². The Bertz CT molecular complexity index is 481. The molecule has 0 saturated heterocycles. The molecule has 0 aromatic heterocycles. The number of carboxylic acids is 1. The van der Waals surface area contributed by atoms with Gasteiger partial charge in [-0.3, -0.25) is 4.79 Å². The van der Waals surface area contributed by atoms with Gasteiger partial charge in [0, 0.05) is 5.41 Å². The van der Waals surface area contributed by atoms with Crippen LogP contribution in [-0.4, -0.2) is 11.1 Å². The fraction of sp³-hybridized carbons (Fsp3) is 0.267. The van der Waals surface area contributed by atoms with Crippen molar-refractivity contribution >= 4 is 11.5 Å². The molecule has 1 aromatic rings. The van der Waals surface area contributed by atoms with Crippen LogP contribution in [0.3, 0.4) is 0 Å². The molecule has 0 saturated carbocycles. The smallest absolute Gasteiger partial charge is 0.311 e. The van der Waals surface area contributed by atoms with Crippen molar-refractivity contribution in [2.45, 2.75) is 13.8 Å². The molecule has 0 heterocycles. The van der Waals surface area contributed by atoms with E-state index in [-0.39, 0.29) is 5.41 Å². The lowest BCUT2D eigenvalue weighted by Gasteiger charge is -2.30. The number of carbonyl (C=O) groups is 1. The highest BCUT2D eigenvalue weighted by Gasteiger charge is 2.33. The molecule has 0 bridgehead atoms. The third-order valence-corrected chi connectivity index (χ3v) is 3.17. The largest absolute Gasteiger partial charge is 0.481 e. The summed E-state index contributed by atoms with van der Waals surface area (Å²) in [6.07, 6.45) is 5.73. The molecule has 2 heteroatoms. The second-order valence-electron chi connectivity index (χ2n) is 4.96. The summed E-state index contributed by atoms with van der Waals surface area (Å²) in [5.41, 5.74) is 1.86. The van der Waals surface area contributed by atoms with Gasteiger partial charge in [-0.1, -0.05) is 62.4 Å². The van der Waals surface area contributed by atoms with E-state index in [4.69, 9.17) is 5.11 Å². The molecule has 17 heavy (non-hydrogen) atoms. The Morgan fingerprint density at radius 1 is 1.24 bits per heavy atom. The lowest BCUT2D eigenvalue weighted by Crippen LogP contribution is -2.29. The van der Waals surface area contributed by atoms with E-state index in [9.17, 15) is 4.79 Å². The van der Waals surface area contributed by atoms with Crippen LogP contribution in [0.5, 0.6) is 0 Å². The second kappa shape index (κ2) is 4.21. The van der Waals surface area contributed by atoms with Crippen LogP contribution in [-0.2, 0) is 4.79 Å². The first-order chi connectivity index (χ1) is 8.00. The Morgan fingerprint density at radius 2 is 1.88 bits per heavy atom. The highest BCUT2D eigenvalue weighted by molar-refractivity contribution is 5.81. The van der Waals surface area contributed by atoms with Gasteiger partial charge in [-0.05, 0) is 11.1 Å². The monoisotopic (exact) mass is 228 g/mol. The highest BCUT2D eigenvalue weighted by Crippen LogP contribution is 2.37. The van der Waals surface area contributed by atoms with Gasteiger partial charge in [-0.15, -0.1) is 0 Å². The average molecular weight is 228 g/mol. The van der Waals surface area contributed by atoms with Gasteiger partial charge in [0.05, 0.1) is 5.92 Å². The van der Waals surface area contributed by atoms with Crippen molar-refractivity contribution in [3.8, 4) is 0 Å². The normalized spacial score (nSPS) is 22.0. The second-order valence-corrected chi connectivity index (χ2v) is 4.96. The minimum absolute atomic E-state index is 0.355. The van der Waals surface area contributed by atoms with Crippen LogP contribution in [0.1, 0.15) is 19.4 Å². The summed E-state index contributed by atoms with van der Waals surface area (Å²) in [4.78, 5) is 11.1. The van der Waals surface area contributed by atoms with Crippen LogP contribution in [0.4, 0.5) is 0 Å². The number of rotatable bonds is 2. The first-order valence-corrected chi connectivity index (χ1v) is 5.70. The molecule has 1 aromatic carbocycles. The number of carboxylic acid groups (broad SMARTS) is 1. The molecule has 1 atom stereocenters. The van der Waals surface area contributed by atoms with Crippen molar-refractivity contribution < 1.29 is 9.90 Å². The Labute approximate surface area is 101 Å². The van der Waals surface area contributed by atoms with Crippen LogP contribution >= 0.6 is 0 Å². The predicted octanol–water partition coefficient (Wildman–Crippen LogP) is 3.37. The highest BCUT2D eigenvalue weighted by atomic mass is 16.4. The van der Waals surface area contributed by atoms with Crippen molar-refractivity contribution in [2.24, 2.45) is 11.3 Å². The molecule has 0 aliphatic heterocycles. The summed E-state index contributed by atoms with van der Waals surface area (Å²) in [5, 5.41) is 9.15. The van der Waals surface area contributed by atoms with E-state index < -0.39 is 11.9 Å². The fourth-order valence-electron chi connectivity index (χ4n) is 2.20. The maximum Gasteiger partial charge on any atom is 0.311 e. The Hall–Kier alpha value is -1.83. The van der Waals surface area contributed by atoms with Crippen molar-refractivity contribution in [1.29, 1.82) is 0 Å². The summed E-state index contributed by atoms with van der Waals surface area (Å²) in [6.45, 7) is 3.91. The van der Waals surface area contributed by atoms with Gasteiger partial charge in [0.2, 0.25) is 0 Å². The molecule has 2 rings (SSSR count). The molecule has 0 radical (unpaired) electrons. The average Bonchev–Trinajstić information content (AvgIpc) is 2.28. The van der Waals surface area contributed by atoms with Crippen LogP contribution < -0.4 is 0 Å². The van der Waals surface area contributed by atoms with E-state index in [0.717, 1.165) is 11.1 Å². The zero-order valence-corrected chi connectivity index (χ0v) is 10.1. The molecule has 1 aliphatic carbocycles. The maximum atomic E-state index is 11.1. The Morgan fingerprint density at radius 3 is 2.41 bits per heavy atom. The molecule has 0 fully saturated rings. The molecule has 0 amide bonds. The van der Waals surface area contributed by atoms with Crippen LogP contribution in [0.25, 0.3) is 5.57 Å². The first kappa shape index (κ1) is 11.6. The summed E-state index contributed by atoms with van der Waals surface area (Å²) in [7, 11) is 0. The van der Waals surface area contributed by atoms with Crippen LogP contribution in [0, 0.1) is 11.3 Å². The van der Waals surface area contributed by atoms with Gasteiger partial charge < -0.3 is 5.11 Å². The molecule has 1 N–H and O–H groups in total. The fourth-order valence-corrected chi connectivity index (χ4v) is 2.20. The van der Waals surface area contributed by atoms with Crippen molar-refractivity contribution in [1.82, 2.24) is 0 Å². The van der Waals surface area contributed by atoms with E-state index in [1.165, 1.54) is 0 Å². The number of hydrogen-bond acceptors (Lipinski definition) is 1. The zero-order valence-electron chi connectivity index (χ0n) is 10.1. The molecule has 2 nitrogen and oxygen atoms in total. The van der Waals surface area contributed by atoms with Gasteiger partial charge in [0.25, 0.3) is 0 Å². The summed E-state index contributed by atoms with van der Waals surface area (Å²) in [6, 6.07) is 10.0. The first-order valence-electron chi connectivity index (χ1n) is 5.70. The Balaban J connectivity index is 2.36. The van der Waals surface area contributed by atoms with Crippen molar-refractivity contribution in [3.05, 3.63) is 54.1 Å². The summed E-state index contributed by atoms with van der Waals surface area (Å²) < 4.78 is 0. The van der Waals surface area contributed by atoms with E-state index in [1.54, 1.807) is 6.08 Å². The van der Waals surface area contributed by atoms with Gasteiger partial charge in [-0.25, -0.2) is 0 Å². The molecule has 1 unspecified atom stereocenters. The lowest BCUT2D eigenvalue weighted by molar-refractivity contribution is -0.142. The van der Waals surface area contributed by atoms with Gasteiger partial charge in [-0.2, -0.15) is 0 Å². The molecular formula is C15H16O2.